The van der Waals surface area contributed by atoms with Gasteiger partial charge in [0.2, 0.25) is 5.91 Å². The number of amides is 1. The minimum Gasteiger partial charge on any atom is -0.477 e. The number of aliphatic hydroxyl groups excluding tert-OH is 1. The minimum atomic E-state index is -1.11. The lowest BCUT2D eigenvalue weighted by Gasteiger charge is -2.46. The Morgan fingerprint density at radius 2 is 1.79 bits per heavy atom. The molecule has 5 heteroatoms. The van der Waals surface area contributed by atoms with Gasteiger partial charge in [-0.25, -0.2) is 4.79 Å². The van der Waals surface area contributed by atoms with Gasteiger partial charge in [-0.1, -0.05) is 49.4 Å². The highest BCUT2D eigenvalue weighted by atomic mass is 16.4. The number of benzene rings is 2. The van der Waals surface area contributed by atoms with Crippen LogP contribution in [0.5, 0.6) is 0 Å². The Balaban J connectivity index is 1.86. The van der Waals surface area contributed by atoms with Crippen LogP contribution in [0.15, 0.2) is 54.2 Å². The van der Waals surface area contributed by atoms with Gasteiger partial charge in [0.15, 0.2) is 0 Å². The molecule has 2 aromatic carbocycles. The van der Waals surface area contributed by atoms with E-state index in [2.05, 4.69) is 0 Å². The van der Waals surface area contributed by atoms with Gasteiger partial charge in [0.05, 0.1) is 18.1 Å². The van der Waals surface area contributed by atoms with E-state index in [-0.39, 0.29) is 23.6 Å². The van der Waals surface area contributed by atoms with Crippen LogP contribution in [0.3, 0.4) is 0 Å². The van der Waals surface area contributed by atoms with Crippen molar-refractivity contribution in [2.45, 2.75) is 32.9 Å². The summed E-state index contributed by atoms with van der Waals surface area (Å²) >= 11 is 0. The maximum Gasteiger partial charge on any atom is 0.352 e. The van der Waals surface area contributed by atoms with Gasteiger partial charge in [-0.15, -0.1) is 0 Å². The number of carbonyl (C=O) groups is 2. The summed E-state index contributed by atoms with van der Waals surface area (Å²) in [6, 6.07) is 15.6. The van der Waals surface area contributed by atoms with E-state index in [1.807, 2.05) is 62.4 Å². The Morgan fingerprint density at radius 3 is 2.39 bits per heavy atom. The summed E-state index contributed by atoms with van der Waals surface area (Å²) in [7, 11) is 0. The number of aliphatic hydroxyl groups is 1. The number of fused-ring (bicyclic) bond motifs is 1. The van der Waals surface area contributed by atoms with Gasteiger partial charge in [-0.05, 0) is 47.7 Å². The molecule has 4 rings (SSSR count). The summed E-state index contributed by atoms with van der Waals surface area (Å²) in [4.78, 5) is 26.0. The highest BCUT2D eigenvalue weighted by molar-refractivity contribution is 6.07. The van der Waals surface area contributed by atoms with Gasteiger partial charge in [-0.2, -0.15) is 0 Å². The minimum absolute atomic E-state index is 0.0488. The van der Waals surface area contributed by atoms with Crippen LogP contribution in [-0.4, -0.2) is 39.1 Å². The maximum absolute atomic E-state index is 12.6. The molecule has 4 atom stereocenters. The molecule has 28 heavy (non-hydrogen) atoms. The lowest BCUT2D eigenvalue weighted by atomic mass is 9.76. The fourth-order valence-corrected chi connectivity index (χ4v) is 4.65. The average molecular weight is 377 g/mol. The number of carboxylic acid groups (broad SMARTS) is 1. The SMILES string of the molecule is Cc1ccc(-c2ccccc2)cc1C1=C(C(=O)O)N2C(=O)[C@H]([C@@H](C)O)[C@H]2[C@H]1C. The molecule has 2 aromatic rings. The molecule has 0 radical (unpaired) electrons. The molecule has 2 N–H and O–H groups in total. The van der Waals surface area contributed by atoms with Crippen molar-refractivity contribution < 1.29 is 19.8 Å². The van der Waals surface area contributed by atoms with E-state index in [1.54, 1.807) is 6.92 Å². The van der Waals surface area contributed by atoms with Gasteiger partial charge in [-0.3, -0.25) is 4.79 Å². The molecule has 0 aliphatic carbocycles. The summed E-state index contributed by atoms with van der Waals surface area (Å²) < 4.78 is 0. The third-order valence-electron chi connectivity index (χ3n) is 6.01. The van der Waals surface area contributed by atoms with E-state index in [0.717, 1.165) is 22.3 Å². The molecule has 0 spiro atoms. The Morgan fingerprint density at radius 1 is 1.11 bits per heavy atom. The maximum atomic E-state index is 12.6. The molecule has 2 aliphatic heterocycles. The number of hydrogen-bond donors (Lipinski definition) is 2. The zero-order chi connectivity index (χ0) is 20.2. The summed E-state index contributed by atoms with van der Waals surface area (Å²) in [5.74, 6) is -2.14. The first-order valence-corrected chi connectivity index (χ1v) is 9.48. The number of aryl methyl sites for hydroxylation is 1. The number of hydrogen-bond acceptors (Lipinski definition) is 3. The van der Waals surface area contributed by atoms with Crippen molar-refractivity contribution in [3.63, 3.8) is 0 Å². The van der Waals surface area contributed by atoms with Gasteiger partial charge < -0.3 is 15.1 Å². The zero-order valence-corrected chi connectivity index (χ0v) is 16.1. The third-order valence-corrected chi connectivity index (χ3v) is 6.01. The normalized spacial score (nSPS) is 24.8. The van der Waals surface area contributed by atoms with Crippen molar-refractivity contribution in [3.05, 3.63) is 65.4 Å². The predicted octanol–water partition coefficient (Wildman–Crippen LogP) is 3.32. The number of carboxylic acids is 1. The Kier molecular flexibility index (Phi) is 4.35. The molecule has 5 nitrogen and oxygen atoms in total. The van der Waals surface area contributed by atoms with Crippen LogP contribution in [0.4, 0.5) is 0 Å². The number of β-lactam (4-membered cyclic amide) rings is 1. The molecule has 0 unspecified atom stereocenters. The predicted molar refractivity (Wildman–Crippen MR) is 106 cm³/mol. The molecule has 2 aliphatic rings. The number of nitrogens with zero attached hydrogens (tertiary/aromatic N) is 1. The Labute approximate surface area is 163 Å². The highest BCUT2D eigenvalue weighted by Crippen LogP contribution is 2.51. The van der Waals surface area contributed by atoms with Crippen LogP contribution in [0.25, 0.3) is 16.7 Å². The first-order chi connectivity index (χ1) is 13.3. The second-order valence-electron chi connectivity index (χ2n) is 7.72. The Hall–Kier alpha value is -2.92. The van der Waals surface area contributed by atoms with Gasteiger partial charge >= 0.3 is 5.97 Å². The fourth-order valence-electron chi connectivity index (χ4n) is 4.65. The first kappa shape index (κ1) is 18.4. The van der Waals surface area contributed by atoms with Gasteiger partial charge in [0, 0.05) is 5.92 Å². The van der Waals surface area contributed by atoms with E-state index < -0.39 is 18.0 Å². The van der Waals surface area contributed by atoms with Crippen molar-refractivity contribution in [1.82, 2.24) is 4.90 Å². The highest BCUT2D eigenvalue weighted by Gasteiger charge is 2.60. The van der Waals surface area contributed by atoms with Crippen molar-refractivity contribution in [2.75, 3.05) is 0 Å². The molecule has 0 bridgehead atoms. The number of rotatable bonds is 4. The smallest absolute Gasteiger partial charge is 0.352 e. The van der Waals surface area contributed by atoms with Gasteiger partial charge in [0.1, 0.15) is 5.70 Å². The quantitative estimate of drug-likeness (QED) is 0.802. The van der Waals surface area contributed by atoms with E-state index in [4.69, 9.17) is 0 Å². The molecule has 2 heterocycles. The second-order valence-corrected chi connectivity index (χ2v) is 7.72. The molecule has 1 saturated heterocycles. The van der Waals surface area contributed by atoms with Crippen molar-refractivity contribution in [1.29, 1.82) is 0 Å². The van der Waals surface area contributed by atoms with Crippen molar-refractivity contribution >= 4 is 17.4 Å². The lowest BCUT2D eigenvalue weighted by molar-refractivity contribution is -0.163. The zero-order valence-electron chi connectivity index (χ0n) is 16.1. The molecule has 0 aromatic heterocycles. The van der Waals surface area contributed by atoms with Crippen molar-refractivity contribution in [3.8, 4) is 11.1 Å². The largest absolute Gasteiger partial charge is 0.477 e. The summed E-state index contributed by atoms with van der Waals surface area (Å²) in [5, 5.41) is 19.9. The molecule has 1 fully saturated rings. The summed E-state index contributed by atoms with van der Waals surface area (Å²) in [6.45, 7) is 5.48. The van der Waals surface area contributed by atoms with Crippen LogP contribution >= 0.6 is 0 Å². The van der Waals surface area contributed by atoms with Crippen LogP contribution in [0, 0.1) is 18.8 Å². The molecule has 0 saturated carbocycles. The Bertz CT molecular complexity index is 993. The van der Waals surface area contributed by atoms with E-state index in [0.29, 0.717) is 5.57 Å². The van der Waals surface area contributed by atoms with Crippen molar-refractivity contribution in [2.24, 2.45) is 11.8 Å². The fraction of sp³-hybridized carbons (Fsp3) is 0.304. The van der Waals surface area contributed by atoms with Crippen LogP contribution in [0.2, 0.25) is 0 Å². The van der Waals surface area contributed by atoms with Gasteiger partial charge in [0.25, 0.3) is 0 Å². The van der Waals surface area contributed by atoms with E-state index in [9.17, 15) is 19.8 Å². The molecule has 1 amide bonds. The van der Waals surface area contributed by atoms with E-state index >= 15 is 0 Å². The summed E-state index contributed by atoms with van der Waals surface area (Å²) in [6.07, 6.45) is -0.803. The molecule has 144 valence electrons. The topological polar surface area (TPSA) is 77.8 Å². The molecular formula is C23H23NO4. The summed E-state index contributed by atoms with van der Waals surface area (Å²) in [5.41, 5.74) is 4.57. The first-order valence-electron chi connectivity index (χ1n) is 9.48. The monoisotopic (exact) mass is 377 g/mol. The second kappa shape index (κ2) is 6.60. The standard InChI is InChI=1S/C23H23NO4/c1-12-9-10-16(15-7-5-4-6-8-15)11-17(12)18-13(2)20-19(14(3)25)22(26)24(20)21(18)23(27)28/h4-11,13-14,19-20,25H,1-3H3,(H,27,28)/t13-,14+,19+,20+/m0/s1. The van der Waals surface area contributed by atoms with Crippen LogP contribution < -0.4 is 0 Å². The number of aliphatic carboxylic acids is 1. The van der Waals surface area contributed by atoms with Crippen LogP contribution in [0.1, 0.15) is 25.0 Å². The van der Waals surface area contributed by atoms with Crippen LogP contribution in [-0.2, 0) is 9.59 Å². The van der Waals surface area contributed by atoms with E-state index in [1.165, 1.54) is 4.90 Å². The number of carbonyl (C=O) groups excluding carboxylic acids is 1. The average Bonchev–Trinajstić information content (AvgIpc) is 2.91. The lowest BCUT2D eigenvalue weighted by Crippen LogP contribution is -2.63. The third kappa shape index (κ3) is 2.58. The molecular weight excluding hydrogens is 354 g/mol.